The topological polar surface area (TPSA) is 59.3 Å². The van der Waals surface area contributed by atoms with Gasteiger partial charge in [-0.15, -0.1) is 0 Å². The summed E-state index contributed by atoms with van der Waals surface area (Å²) < 4.78 is 1.55. The average Bonchev–Trinajstić information content (AvgIpc) is 2.94. The van der Waals surface area contributed by atoms with Crippen molar-refractivity contribution in [1.29, 1.82) is 0 Å². The molecule has 0 spiro atoms. The Hall–Kier alpha value is -1.63. The summed E-state index contributed by atoms with van der Waals surface area (Å²) in [6, 6.07) is 4.87. The number of carbonyl (C=O) groups is 1. The number of carbonyl (C=O) groups excluding carboxylic acids is 1. The number of nitrogens with one attached hydrogen (secondary N) is 1. The highest BCUT2D eigenvalue weighted by molar-refractivity contribution is 7.14. The van der Waals surface area contributed by atoms with Gasteiger partial charge in [0.25, 0.3) is 5.91 Å². The van der Waals surface area contributed by atoms with Crippen molar-refractivity contribution in [2.75, 3.05) is 5.32 Å². The van der Waals surface area contributed by atoms with Crippen LogP contribution in [0, 0.1) is 0 Å². The van der Waals surface area contributed by atoms with Crippen LogP contribution in [0.3, 0.4) is 0 Å². The summed E-state index contributed by atoms with van der Waals surface area (Å²) in [5, 5.41) is 7.52. The van der Waals surface area contributed by atoms with Crippen LogP contribution in [0.5, 0.6) is 0 Å². The van der Waals surface area contributed by atoms with E-state index in [0.29, 0.717) is 26.4 Å². The number of nitrogens with zero attached hydrogens (tertiary/aromatic N) is 3. The van der Waals surface area contributed by atoms with Crippen molar-refractivity contribution >= 4 is 51.1 Å². The van der Waals surface area contributed by atoms with Crippen molar-refractivity contribution in [1.82, 2.24) is 14.6 Å². The molecule has 1 N–H and O–H groups in total. The molecule has 5 nitrogen and oxygen atoms in total. The van der Waals surface area contributed by atoms with Crippen LogP contribution in [-0.4, -0.2) is 20.5 Å². The van der Waals surface area contributed by atoms with Crippen LogP contribution < -0.4 is 5.32 Å². The van der Waals surface area contributed by atoms with E-state index >= 15 is 0 Å². The molecule has 19 heavy (non-hydrogen) atoms. The highest BCUT2D eigenvalue weighted by Crippen LogP contribution is 2.25. The molecular weight excluding hydrogens is 307 g/mol. The van der Waals surface area contributed by atoms with Gasteiger partial charge in [0.2, 0.25) is 4.96 Å². The Morgan fingerprint density at radius 1 is 1.32 bits per heavy atom. The number of rotatable bonds is 2. The van der Waals surface area contributed by atoms with E-state index in [0.717, 1.165) is 0 Å². The molecule has 96 valence electrons. The number of benzene rings is 1. The van der Waals surface area contributed by atoms with Crippen LogP contribution in [0.4, 0.5) is 5.69 Å². The first-order valence-electron chi connectivity index (χ1n) is 5.19. The lowest BCUT2D eigenvalue weighted by Crippen LogP contribution is -2.12. The zero-order chi connectivity index (χ0) is 13.4. The SMILES string of the molecule is O=C(Nc1ccc(Cl)c(Cl)c1)c1cn2ncsc2n1. The van der Waals surface area contributed by atoms with Gasteiger partial charge in [0.15, 0.2) is 0 Å². The van der Waals surface area contributed by atoms with E-state index in [2.05, 4.69) is 15.4 Å². The van der Waals surface area contributed by atoms with Gasteiger partial charge in [0, 0.05) is 5.69 Å². The maximum Gasteiger partial charge on any atom is 0.275 e. The predicted octanol–water partition coefficient (Wildman–Crippen LogP) is 3.35. The van der Waals surface area contributed by atoms with Crippen LogP contribution in [0.15, 0.2) is 29.9 Å². The maximum atomic E-state index is 12.0. The molecule has 1 aromatic carbocycles. The number of amides is 1. The zero-order valence-electron chi connectivity index (χ0n) is 9.30. The highest BCUT2D eigenvalue weighted by Gasteiger charge is 2.12. The Bertz CT molecular complexity index is 738. The molecule has 0 aliphatic carbocycles. The predicted molar refractivity (Wildman–Crippen MR) is 75.3 cm³/mol. The van der Waals surface area contributed by atoms with Crippen LogP contribution in [0.25, 0.3) is 4.96 Å². The third-order valence-corrected chi connectivity index (χ3v) is 3.82. The number of aromatic nitrogens is 3. The molecule has 1 amide bonds. The third kappa shape index (κ3) is 2.42. The Morgan fingerprint density at radius 3 is 2.89 bits per heavy atom. The van der Waals surface area contributed by atoms with E-state index in [-0.39, 0.29) is 5.91 Å². The van der Waals surface area contributed by atoms with Gasteiger partial charge >= 0.3 is 0 Å². The molecule has 2 heterocycles. The first-order valence-corrected chi connectivity index (χ1v) is 6.82. The number of hydrogen-bond acceptors (Lipinski definition) is 4. The monoisotopic (exact) mass is 312 g/mol. The molecule has 0 unspecified atom stereocenters. The van der Waals surface area contributed by atoms with Crippen LogP contribution in [0.2, 0.25) is 10.0 Å². The Kier molecular flexibility index (Phi) is 3.14. The molecule has 0 bridgehead atoms. The molecule has 0 atom stereocenters. The van der Waals surface area contributed by atoms with Crippen molar-refractivity contribution in [2.45, 2.75) is 0 Å². The van der Waals surface area contributed by atoms with Crippen LogP contribution in [-0.2, 0) is 0 Å². The molecule has 0 aliphatic rings. The Morgan fingerprint density at radius 2 is 2.16 bits per heavy atom. The zero-order valence-corrected chi connectivity index (χ0v) is 11.6. The number of halogens is 2. The second-order valence-corrected chi connectivity index (χ2v) is 5.30. The molecule has 0 saturated heterocycles. The molecule has 8 heteroatoms. The Labute approximate surface area is 121 Å². The summed E-state index contributed by atoms with van der Waals surface area (Å²) in [6.45, 7) is 0. The van der Waals surface area contributed by atoms with Crippen LogP contribution >= 0.6 is 34.5 Å². The molecule has 3 rings (SSSR count). The maximum absolute atomic E-state index is 12.0. The number of hydrogen-bond donors (Lipinski definition) is 1. The van der Waals surface area contributed by atoms with E-state index in [1.165, 1.54) is 11.3 Å². The smallest absolute Gasteiger partial charge is 0.275 e. The molecule has 0 fully saturated rings. The minimum absolute atomic E-state index is 0.297. The molecule has 0 aliphatic heterocycles. The molecule has 0 saturated carbocycles. The summed E-state index contributed by atoms with van der Waals surface area (Å²) in [6.07, 6.45) is 1.57. The van der Waals surface area contributed by atoms with E-state index in [4.69, 9.17) is 23.2 Å². The fourth-order valence-corrected chi connectivity index (χ4v) is 2.42. The summed E-state index contributed by atoms with van der Waals surface area (Å²) in [4.78, 5) is 16.8. The fourth-order valence-electron chi connectivity index (χ4n) is 1.52. The molecule has 3 aromatic rings. The van der Waals surface area contributed by atoms with E-state index in [9.17, 15) is 4.79 Å². The van der Waals surface area contributed by atoms with Crippen molar-refractivity contribution in [2.24, 2.45) is 0 Å². The highest BCUT2D eigenvalue weighted by atomic mass is 35.5. The molecule has 2 aromatic heterocycles. The summed E-state index contributed by atoms with van der Waals surface area (Å²) in [5.74, 6) is -0.323. The van der Waals surface area contributed by atoms with Crippen molar-refractivity contribution in [3.8, 4) is 0 Å². The Balaban J connectivity index is 1.84. The second-order valence-electron chi connectivity index (χ2n) is 3.68. The fraction of sp³-hybridized carbons (Fsp3) is 0. The largest absolute Gasteiger partial charge is 0.321 e. The minimum Gasteiger partial charge on any atom is -0.321 e. The lowest BCUT2D eigenvalue weighted by atomic mass is 10.3. The van der Waals surface area contributed by atoms with Gasteiger partial charge in [-0.1, -0.05) is 34.5 Å². The number of fused-ring (bicyclic) bond motifs is 1. The van der Waals surface area contributed by atoms with Crippen molar-refractivity contribution in [3.63, 3.8) is 0 Å². The van der Waals surface area contributed by atoms with Crippen molar-refractivity contribution in [3.05, 3.63) is 45.6 Å². The third-order valence-electron chi connectivity index (χ3n) is 2.40. The van der Waals surface area contributed by atoms with E-state index in [1.807, 2.05) is 0 Å². The summed E-state index contributed by atoms with van der Waals surface area (Å²) in [5.41, 5.74) is 2.51. The van der Waals surface area contributed by atoms with Gasteiger partial charge in [-0.25, -0.2) is 9.50 Å². The van der Waals surface area contributed by atoms with Gasteiger partial charge in [-0.05, 0) is 18.2 Å². The van der Waals surface area contributed by atoms with Gasteiger partial charge in [0.05, 0.1) is 16.2 Å². The lowest BCUT2D eigenvalue weighted by Gasteiger charge is -2.04. The van der Waals surface area contributed by atoms with E-state index < -0.39 is 0 Å². The van der Waals surface area contributed by atoms with Gasteiger partial charge in [-0.2, -0.15) is 5.10 Å². The van der Waals surface area contributed by atoms with Crippen LogP contribution in [0.1, 0.15) is 10.5 Å². The average molecular weight is 313 g/mol. The normalized spacial score (nSPS) is 10.8. The first-order chi connectivity index (χ1) is 9.13. The summed E-state index contributed by atoms with van der Waals surface area (Å²) in [7, 11) is 0. The molecular formula is C11H6Cl2N4OS. The summed E-state index contributed by atoms with van der Waals surface area (Å²) >= 11 is 13.0. The number of imidazole rings is 1. The molecule has 0 radical (unpaired) electrons. The standard InChI is InChI=1S/C11H6Cl2N4OS/c12-7-2-1-6(3-8(7)13)15-10(18)9-4-17-11(16-9)19-5-14-17/h1-5H,(H,15,18). The van der Waals surface area contributed by atoms with E-state index in [1.54, 1.807) is 34.4 Å². The van der Waals surface area contributed by atoms with Gasteiger partial charge in [0.1, 0.15) is 11.2 Å². The van der Waals surface area contributed by atoms with Gasteiger partial charge < -0.3 is 5.32 Å². The minimum atomic E-state index is -0.323. The lowest BCUT2D eigenvalue weighted by molar-refractivity contribution is 0.102. The quantitative estimate of drug-likeness (QED) is 0.789. The first kappa shape index (κ1) is 12.4. The second kappa shape index (κ2) is 4.80. The van der Waals surface area contributed by atoms with Gasteiger partial charge in [-0.3, -0.25) is 4.79 Å². The van der Waals surface area contributed by atoms with Crippen molar-refractivity contribution < 1.29 is 4.79 Å². The number of anilines is 1.